The maximum Gasteiger partial charge on any atom is 0.272 e. The van der Waals surface area contributed by atoms with Crippen LogP contribution in [-0.2, 0) is 0 Å². The molecule has 2 aromatic rings. The van der Waals surface area contributed by atoms with E-state index in [1.165, 1.54) is 18.3 Å². The average molecular weight is 358 g/mol. The van der Waals surface area contributed by atoms with Crippen LogP contribution in [0, 0.1) is 6.92 Å². The molecular formula is C15H11Cl3N2O2. The Bertz CT molecular complexity index is 737. The Morgan fingerprint density at radius 1 is 1.14 bits per heavy atom. The van der Waals surface area contributed by atoms with Gasteiger partial charge in [-0.2, -0.15) is 5.10 Å². The zero-order valence-electron chi connectivity index (χ0n) is 11.4. The van der Waals surface area contributed by atoms with Gasteiger partial charge in [0.15, 0.2) is 5.75 Å². The number of nitrogens with zero attached hydrogens (tertiary/aromatic N) is 1. The van der Waals surface area contributed by atoms with Crippen LogP contribution in [0.4, 0.5) is 0 Å². The minimum Gasteiger partial charge on any atom is -0.505 e. The second-order valence-electron chi connectivity index (χ2n) is 4.52. The largest absolute Gasteiger partial charge is 0.505 e. The number of aryl methyl sites for hydroxylation is 1. The number of phenols is 1. The van der Waals surface area contributed by atoms with E-state index < -0.39 is 5.91 Å². The number of phenolic OH excluding ortho intramolecular Hbond substituents is 1. The lowest BCUT2D eigenvalue weighted by Gasteiger charge is -2.04. The summed E-state index contributed by atoms with van der Waals surface area (Å²) in [7, 11) is 0. The maximum atomic E-state index is 12.0. The molecule has 0 aromatic heterocycles. The molecule has 0 radical (unpaired) electrons. The minimum atomic E-state index is -0.433. The van der Waals surface area contributed by atoms with Crippen LogP contribution in [0.15, 0.2) is 35.4 Å². The smallest absolute Gasteiger partial charge is 0.272 e. The first-order chi connectivity index (χ1) is 10.4. The van der Waals surface area contributed by atoms with Crippen molar-refractivity contribution in [3.63, 3.8) is 0 Å². The molecule has 0 fully saturated rings. The van der Waals surface area contributed by atoms with E-state index >= 15 is 0 Å². The Hall–Kier alpha value is -1.75. The summed E-state index contributed by atoms with van der Waals surface area (Å²) in [6.45, 7) is 1.88. The number of hydrazone groups is 1. The average Bonchev–Trinajstić information content (AvgIpc) is 2.44. The third-order valence-corrected chi connectivity index (χ3v) is 3.68. The Labute approximate surface area is 142 Å². The fourth-order valence-electron chi connectivity index (χ4n) is 1.69. The van der Waals surface area contributed by atoms with Crippen LogP contribution in [-0.4, -0.2) is 17.2 Å². The normalized spacial score (nSPS) is 10.9. The predicted molar refractivity (Wildman–Crippen MR) is 89.4 cm³/mol. The summed E-state index contributed by atoms with van der Waals surface area (Å²) in [6, 6.07) is 8.04. The van der Waals surface area contributed by atoms with Crippen molar-refractivity contribution >= 4 is 46.9 Å². The Morgan fingerprint density at radius 2 is 1.77 bits per heavy atom. The van der Waals surface area contributed by atoms with Crippen molar-refractivity contribution in [1.82, 2.24) is 5.43 Å². The molecule has 0 heterocycles. The molecule has 0 aliphatic carbocycles. The van der Waals surface area contributed by atoms with E-state index in [1.807, 2.05) is 6.92 Å². The number of rotatable bonds is 3. The molecule has 1 amide bonds. The molecule has 0 unspecified atom stereocenters. The van der Waals surface area contributed by atoms with Gasteiger partial charge in [-0.3, -0.25) is 4.79 Å². The Kier molecular flexibility index (Phi) is 5.29. The van der Waals surface area contributed by atoms with Crippen LogP contribution >= 0.6 is 34.8 Å². The summed E-state index contributed by atoms with van der Waals surface area (Å²) in [5.41, 5.74) is 4.17. The molecule has 4 nitrogen and oxygen atoms in total. The molecule has 0 aliphatic heterocycles. The first-order valence-corrected chi connectivity index (χ1v) is 7.29. The van der Waals surface area contributed by atoms with Crippen molar-refractivity contribution in [3.05, 3.63) is 62.1 Å². The number of carbonyl (C=O) groups is 1. The van der Waals surface area contributed by atoms with Gasteiger partial charge in [0.1, 0.15) is 0 Å². The molecule has 0 saturated carbocycles. The highest BCUT2D eigenvalue weighted by atomic mass is 35.5. The van der Waals surface area contributed by atoms with Gasteiger partial charge in [-0.15, -0.1) is 0 Å². The topological polar surface area (TPSA) is 61.7 Å². The van der Waals surface area contributed by atoms with Crippen LogP contribution in [0.3, 0.4) is 0 Å². The van der Waals surface area contributed by atoms with E-state index in [0.29, 0.717) is 16.1 Å². The molecule has 114 valence electrons. The lowest BCUT2D eigenvalue weighted by molar-refractivity contribution is 0.0955. The zero-order chi connectivity index (χ0) is 16.3. The predicted octanol–water partition coefficient (Wildman–Crippen LogP) is 4.42. The highest BCUT2D eigenvalue weighted by molar-refractivity contribution is 6.37. The number of hydrogen-bond donors (Lipinski definition) is 2. The Balaban J connectivity index is 2.10. The van der Waals surface area contributed by atoms with Crippen molar-refractivity contribution in [2.75, 3.05) is 0 Å². The van der Waals surface area contributed by atoms with E-state index in [0.717, 1.165) is 5.56 Å². The van der Waals surface area contributed by atoms with E-state index in [-0.39, 0.29) is 15.8 Å². The van der Waals surface area contributed by atoms with Gasteiger partial charge in [0.25, 0.3) is 5.91 Å². The van der Waals surface area contributed by atoms with E-state index in [1.54, 1.807) is 18.2 Å². The van der Waals surface area contributed by atoms with Gasteiger partial charge in [0.2, 0.25) is 0 Å². The zero-order valence-corrected chi connectivity index (χ0v) is 13.7. The van der Waals surface area contributed by atoms with Gasteiger partial charge < -0.3 is 5.11 Å². The third kappa shape index (κ3) is 3.91. The van der Waals surface area contributed by atoms with Gasteiger partial charge in [-0.05, 0) is 42.3 Å². The highest BCUT2D eigenvalue weighted by Crippen LogP contribution is 2.32. The summed E-state index contributed by atoms with van der Waals surface area (Å²) in [5.74, 6) is -0.631. The van der Waals surface area contributed by atoms with Gasteiger partial charge >= 0.3 is 0 Å². The molecule has 0 saturated heterocycles. The summed E-state index contributed by atoms with van der Waals surface area (Å²) in [6.07, 6.45) is 1.36. The first-order valence-electron chi connectivity index (χ1n) is 6.16. The molecular weight excluding hydrogens is 347 g/mol. The number of nitrogens with one attached hydrogen (secondary N) is 1. The van der Waals surface area contributed by atoms with Gasteiger partial charge in [-0.25, -0.2) is 5.43 Å². The van der Waals surface area contributed by atoms with Gasteiger partial charge in [0.05, 0.1) is 26.8 Å². The number of amides is 1. The molecule has 2 aromatic carbocycles. The van der Waals surface area contributed by atoms with Crippen LogP contribution in [0.1, 0.15) is 21.5 Å². The summed E-state index contributed by atoms with van der Waals surface area (Å²) in [4.78, 5) is 12.0. The van der Waals surface area contributed by atoms with E-state index in [2.05, 4.69) is 10.5 Å². The van der Waals surface area contributed by atoms with Crippen molar-refractivity contribution in [1.29, 1.82) is 0 Å². The minimum absolute atomic E-state index is 0.0989. The molecule has 7 heteroatoms. The molecule has 2 N–H and O–H groups in total. The van der Waals surface area contributed by atoms with Crippen LogP contribution in [0.5, 0.6) is 5.75 Å². The molecule has 0 aliphatic rings. The number of halogens is 3. The number of carbonyl (C=O) groups excluding carboxylic acids is 1. The molecule has 0 bridgehead atoms. The van der Waals surface area contributed by atoms with Crippen LogP contribution in [0.2, 0.25) is 15.1 Å². The summed E-state index contributed by atoms with van der Waals surface area (Å²) in [5, 5.41) is 13.8. The maximum absolute atomic E-state index is 12.0. The highest BCUT2D eigenvalue weighted by Gasteiger charge is 2.09. The summed E-state index contributed by atoms with van der Waals surface area (Å²) < 4.78 is 0. The molecule has 0 spiro atoms. The first kappa shape index (κ1) is 16.6. The molecule has 0 atom stereocenters. The fraction of sp³-hybridized carbons (Fsp3) is 0.0667. The second kappa shape index (κ2) is 7.01. The standard InChI is InChI=1S/C15H11Cl3N2O2/c1-8-2-3-10(11(16)4-8)15(22)20-19-7-9-5-12(17)14(21)13(18)6-9/h2-7,21H,1H3,(H,20,22)/b19-7-. The van der Waals surface area contributed by atoms with Crippen LogP contribution in [0.25, 0.3) is 0 Å². The third-order valence-electron chi connectivity index (χ3n) is 2.79. The number of hydrogen-bond acceptors (Lipinski definition) is 3. The van der Waals surface area contributed by atoms with Gasteiger partial charge in [-0.1, -0.05) is 40.9 Å². The van der Waals surface area contributed by atoms with E-state index in [4.69, 9.17) is 34.8 Å². The lowest BCUT2D eigenvalue weighted by Crippen LogP contribution is -2.18. The number of aromatic hydroxyl groups is 1. The lowest BCUT2D eigenvalue weighted by atomic mass is 10.1. The van der Waals surface area contributed by atoms with Crippen molar-refractivity contribution in [2.24, 2.45) is 5.10 Å². The van der Waals surface area contributed by atoms with Crippen molar-refractivity contribution < 1.29 is 9.90 Å². The van der Waals surface area contributed by atoms with Crippen LogP contribution < -0.4 is 5.43 Å². The quantitative estimate of drug-likeness (QED) is 0.631. The number of benzene rings is 2. The SMILES string of the molecule is Cc1ccc(C(=O)N/N=C\c2cc(Cl)c(O)c(Cl)c2)c(Cl)c1. The Morgan fingerprint density at radius 3 is 2.36 bits per heavy atom. The monoisotopic (exact) mass is 356 g/mol. The second-order valence-corrected chi connectivity index (χ2v) is 5.74. The molecule has 2 rings (SSSR count). The van der Waals surface area contributed by atoms with E-state index in [9.17, 15) is 9.90 Å². The van der Waals surface area contributed by atoms with Crippen molar-refractivity contribution in [2.45, 2.75) is 6.92 Å². The summed E-state index contributed by atoms with van der Waals surface area (Å²) >= 11 is 17.6. The van der Waals surface area contributed by atoms with Gasteiger partial charge in [0, 0.05) is 0 Å². The fourth-order valence-corrected chi connectivity index (χ4v) is 2.51. The van der Waals surface area contributed by atoms with Crippen molar-refractivity contribution in [3.8, 4) is 5.75 Å². The molecule has 22 heavy (non-hydrogen) atoms.